The molecule has 2 atom stereocenters. The number of hydrogen-bond acceptors (Lipinski definition) is 3. The van der Waals surface area contributed by atoms with Crippen molar-refractivity contribution in [2.75, 3.05) is 26.3 Å². The molecule has 2 amide bonds. The van der Waals surface area contributed by atoms with Gasteiger partial charge in [0.05, 0.1) is 12.5 Å². The van der Waals surface area contributed by atoms with Crippen molar-refractivity contribution < 1.29 is 19.4 Å². The SMILES string of the molecule is CC1CC(C(=O)O)CCN1C(=O)NCCOCC1CC1. The number of carbonyl (C=O) groups is 2. The van der Waals surface area contributed by atoms with Gasteiger partial charge in [0.1, 0.15) is 0 Å². The Balaban J connectivity index is 1.62. The monoisotopic (exact) mass is 284 g/mol. The van der Waals surface area contributed by atoms with Crippen LogP contribution < -0.4 is 5.32 Å². The third-order valence-corrected chi connectivity index (χ3v) is 4.06. The van der Waals surface area contributed by atoms with Crippen molar-refractivity contribution in [2.24, 2.45) is 11.8 Å². The molecular formula is C14H24N2O4. The van der Waals surface area contributed by atoms with E-state index in [-0.39, 0.29) is 18.0 Å². The summed E-state index contributed by atoms with van der Waals surface area (Å²) in [5, 5.41) is 11.8. The zero-order chi connectivity index (χ0) is 14.5. The molecule has 2 N–H and O–H groups in total. The van der Waals surface area contributed by atoms with Gasteiger partial charge in [-0.25, -0.2) is 4.79 Å². The summed E-state index contributed by atoms with van der Waals surface area (Å²) in [6, 6.07) is -0.145. The van der Waals surface area contributed by atoms with Crippen LogP contribution in [-0.4, -0.2) is 54.4 Å². The highest BCUT2D eigenvalue weighted by atomic mass is 16.5. The Bertz CT molecular complexity index is 357. The van der Waals surface area contributed by atoms with Crippen LogP contribution in [0.2, 0.25) is 0 Å². The lowest BCUT2D eigenvalue weighted by Gasteiger charge is -2.36. The summed E-state index contributed by atoms with van der Waals surface area (Å²) in [5.74, 6) is -0.345. The first kappa shape index (κ1) is 15.1. The van der Waals surface area contributed by atoms with E-state index in [1.807, 2.05) is 6.92 Å². The first-order valence-corrected chi connectivity index (χ1v) is 7.43. The number of nitrogens with zero attached hydrogens (tertiary/aromatic N) is 1. The molecule has 2 aliphatic rings. The molecule has 0 spiro atoms. The number of carbonyl (C=O) groups excluding carboxylic acids is 1. The number of hydrogen-bond donors (Lipinski definition) is 2. The van der Waals surface area contributed by atoms with E-state index in [0.29, 0.717) is 32.5 Å². The van der Waals surface area contributed by atoms with Gasteiger partial charge in [0.2, 0.25) is 0 Å². The number of amides is 2. The molecule has 20 heavy (non-hydrogen) atoms. The number of rotatable bonds is 6. The summed E-state index contributed by atoms with van der Waals surface area (Å²) in [6.07, 6.45) is 3.59. The summed E-state index contributed by atoms with van der Waals surface area (Å²) in [5.41, 5.74) is 0. The Labute approximate surface area is 119 Å². The molecule has 2 rings (SSSR count). The van der Waals surface area contributed by atoms with Crippen molar-refractivity contribution in [2.45, 2.75) is 38.6 Å². The second-order valence-electron chi connectivity index (χ2n) is 5.85. The number of nitrogens with one attached hydrogen (secondary N) is 1. The topological polar surface area (TPSA) is 78.9 Å². The Morgan fingerprint density at radius 1 is 1.35 bits per heavy atom. The molecule has 1 aliphatic heterocycles. The van der Waals surface area contributed by atoms with Crippen LogP contribution >= 0.6 is 0 Å². The predicted octanol–water partition coefficient (Wildman–Crippen LogP) is 1.31. The van der Waals surface area contributed by atoms with Gasteiger partial charge < -0.3 is 20.1 Å². The normalized spacial score (nSPS) is 26.4. The van der Waals surface area contributed by atoms with Crippen LogP contribution in [0.25, 0.3) is 0 Å². The van der Waals surface area contributed by atoms with E-state index in [4.69, 9.17) is 9.84 Å². The summed E-state index contributed by atoms with van der Waals surface area (Å²) in [4.78, 5) is 24.7. The molecule has 0 aromatic heterocycles. The van der Waals surface area contributed by atoms with Crippen molar-refractivity contribution in [3.63, 3.8) is 0 Å². The summed E-state index contributed by atoms with van der Waals surface area (Å²) in [7, 11) is 0. The summed E-state index contributed by atoms with van der Waals surface area (Å²) >= 11 is 0. The Hall–Kier alpha value is -1.30. The lowest BCUT2D eigenvalue weighted by molar-refractivity contribution is -0.143. The third kappa shape index (κ3) is 4.37. The number of carboxylic acid groups (broad SMARTS) is 1. The van der Waals surface area contributed by atoms with E-state index in [2.05, 4.69) is 5.32 Å². The highest BCUT2D eigenvalue weighted by Gasteiger charge is 2.32. The molecule has 1 saturated heterocycles. The van der Waals surface area contributed by atoms with Gasteiger partial charge >= 0.3 is 12.0 Å². The van der Waals surface area contributed by atoms with Gasteiger partial charge in [-0.05, 0) is 38.5 Å². The van der Waals surface area contributed by atoms with E-state index in [1.54, 1.807) is 4.90 Å². The van der Waals surface area contributed by atoms with Crippen LogP contribution in [0.15, 0.2) is 0 Å². The van der Waals surface area contributed by atoms with Gasteiger partial charge in [-0.2, -0.15) is 0 Å². The molecule has 114 valence electrons. The number of urea groups is 1. The molecule has 0 aromatic carbocycles. The van der Waals surface area contributed by atoms with Crippen molar-refractivity contribution in [3.8, 4) is 0 Å². The van der Waals surface area contributed by atoms with Gasteiger partial charge in [0, 0.05) is 25.7 Å². The standard InChI is InChI=1S/C14H24N2O4/c1-10-8-12(13(17)18)4-6-16(10)14(19)15-5-7-20-9-11-2-3-11/h10-12H,2-9H2,1H3,(H,15,19)(H,17,18). The minimum atomic E-state index is -0.759. The first-order chi connectivity index (χ1) is 9.58. The van der Waals surface area contributed by atoms with Gasteiger partial charge in [-0.1, -0.05) is 0 Å². The summed E-state index contributed by atoms with van der Waals surface area (Å²) < 4.78 is 5.46. The second kappa shape index (κ2) is 6.92. The molecule has 2 fully saturated rings. The van der Waals surface area contributed by atoms with Gasteiger partial charge in [-0.15, -0.1) is 0 Å². The van der Waals surface area contributed by atoms with E-state index < -0.39 is 5.97 Å². The number of likely N-dealkylation sites (tertiary alicyclic amines) is 1. The Morgan fingerprint density at radius 2 is 2.10 bits per heavy atom. The molecule has 1 aliphatic carbocycles. The first-order valence-electron chi connectivity index (χ1n) is 7.43. The van der Waals surface area contributed by atoms with E-state index in [1.165, 1.54) is 12.8 Å². The second-order valence-corrected chi connectivity index (χ2v) is 5.85. The Morgan fingerprint density at radius 3 is 2.70 bits per heavy atom. The molecule has 6 heteroatoms. The predicted molar refractivity (Wildman–Crippen MR) is 73.5 cm³/mol. The molecule has 2 unspecified atom stereocenters. The molecule has 0 bridgehead atoms. The molecule has 1 saturated carbocycles. The highest BCUT2D eigenvalue weighted by molar-refractivity contribution is 5.75. The number of carboxylic acids is 1. The summed E-state index contributed by atoms with van der Waals surface area (Å²) in [6.45, 7) is 4.26. The van der Waals surface area contributed by atoms with Crippen LogP contribution in [-0.2, 0) is 9.53 Å². The minimum Gasteiger partial charge on any atom is -0.481 e. The number of piperidine rings is 1. The molecule has 1 heterocycles. The maximum Gasteiger partial charge on any atom is 0.317 e. The fourth-order valence-corrected chi connectivity index (χ4v) is 2.56. The fraction of sp³-hybridized carbons (Fsp3) is 0.857. The maximum absolute atomic E-state index is 12.0. The van der Waals surface area contributed by atoms with Crippen LogP contribution in [0.1, 0.15) is 32.6 Å². The van der Waals surface area contributed by atoms with E-state index >= 15 is 0 Å². The minimum absolute atomic E-state index is 0.0303. The van der Waals surface area contributed by atoms with Gasteiger partial charge in [0.25, 0.3) is 0 Å². The molecule has 0 radical (unpaired) electrons. The van der Waals surface area contributed by atoms with Gasteiger partial charge in [0.15, 0.2) is 0 Å². The molecular weight excluding hydrogens is 260 g/mol. The van der Waals surface area contributed by atoms with E-state index in [9.17, 15) is 9.59 Å². The number of aliphatic carboxylic acids is 1. The van der Waals surface area contributed by atoms with Crippen molar-refractivity contribution in [3.05, 3.63) is 0 Å². The smallest absolute Gasteiger partial charge is 0.317 e. The van der Waals surface area contributed by atoms with Crippen LogP contribution in [0.4, 0.5) is 4.79 Å². The zero-order valence-corrected chi connectivity index (χ0v) is 12.0. The zero-order valence-electron chi connectivity index (χ0n) is 12.0. The van der Waals surface area contributed by atoms with Crippen LogP contribution in [0.5, 0.6) is 0 Å². The molecule has 0 aromatic rings. The lowest BCUT2D eigenvalue weighted by Crippen LogP contribution is -2.50. The van der Waals surface area contributed by atoms with Crippen molar-refractivity contribution >= 4 is 12.0 Å². The molecule has 6 nitrogen and oxygen atoms in total. The average molecular weight is 284 g/mol. The van der Waals surface area contributed by atoms with Crippen molar-refractivity contribution in [1.29, 1.82) is 0 Å². The quantitative estimate of drug-likeness (QED) is 0.721. The van der Waals surface area contributed by atoms with Gasteiger partial charge in [-0.3, -0.25) is 4.79 Å². The van der Waals surface area contributed by atoms with Crippen molar-refractivity contribution in [1.82, 2.24) is 10.2 Å². The third-order valence-electron chi connectivity index (χ3n) is 4.06. The lowest BCUT2D eigenvalue weighted by atomic mass is 9.92. The van der Waals surface area contributed by atoms with Crippen LogP contribution in [0.3, 0.4) is 0 Å². The largest absolute Gasteiger partial charge is 0.481 e. The maximum atomic E-state index is 12.0. The Kier molecular flexibility index (Phi) is 5.23. The average Bonchev–Trinajstić information content (AvgIpc) is 3.22. The highest BCUT2D eigenvalue weighted by Crippen LogP contribution is 2.28. The fourth-order valence-electron chi connectivity index (χ4n) is 2.56. The van der Waals surface area contributed by atoms with Crippen LogP contribution in [0, 0.1) is 11.8 Å². The van der Waals surface area contributed by atoms with E-state index in [0.717, 1.165) is 12.5 Å². The number of ether oxygens (including phenoxy) is 1.